The van der Waals surface area contributed by atoms with E-state index in [1.54, 1.807) is 6.20 Å². The number of rotatable bonds is 5. The molecule has 24 heavy (non-hydrogen) atoms. The summed E-state index contributed by atoms with van der Waals surface area (Å²) in [7, 11) is 0. The molecule has 1 atom stereocenters. The predicted molar refractivity (Wildman–Crippen MR) is 94.3 cm³/mol. The van der Waals surface area contributed by atoms with Crippen LogP contribution >= 0.6 is 0 Å². The number of hydrogen-bond acceptors (Lipinski definition) is 7. The van der Waals surface area contributed by atoms with Crippen LogP contribution in [0.3, 0.4) is 0 Å². The number of piperidine rings is 1. The molecule has 1 saturated heterocycles. The van der Waals surface area contributed by atoms with Gasteiger partial charge in [0.2, 0.25) is 0 Å². The van der Waals surface area contributed by atoms with Gasteiger partial charge in [-0.25, -0.2) is 9.97 Å². The van der Waals surface area contributed by atoms with Gasteiger partial charge in [-0.05, 0) is 31.8 Å². The molecule has 8 heteroatoms. The molecule has 1 aliphatic rings. The van der Waals surface area contributed by atoms with Crippen molar-refractivity contribution in [2.24, 2.45) is 5.92 Å². The van der Waals surface area contributed by atoms with Gasteiger partial charge in [-0.15, -0.1) is 4.98 Å². The Kier molecular flexibility index (Phi) is 5.03. The lowest BCUT2D eigenvalue weighted by Gasteiger charge is -2.23. The number of anilines is 4. The van der Waals surface area contributed by atoms with Gasteiger partial charge in [0, 0.05) is 12.6 Å². The second kappa shape index (κ2) is 7.57. The van der Waals surface area contributed by atoms with Crippen LogP contribution in [-0.2, 0) is 0 Å². The zero-order valence-corrected chi connectivity index (χ0v) is 13.3. The summed E-state index contributed by atoms with van der Waals surface area (Å²) in [6, 6.07) is 1.86. The average Bonchev–Trinajstić information content (AvgIpc) is 2.63. The first kappa shape index (κ1) is 16.0. The maximum atomic E-state index is 6.88. The third kappa shape index (κ3) is 4.08. The lowest BCUT2D eigenvalue weighted by atomic mass is 10.00. The first-order valence-electron chi connectivity index (χ1n) is 7.91. The number of hydrogen-bond donors (Lipinski definition) is 4. The van der Waals surface area contributed by atoms with E-state index in [1.165, 1.54) is 25.2 Å². The van der Waals surface area contributed by atoms with Crippen LogP contribution in [0.1, 0.15) is 12.8 Å². The third-order valence-corrected chi connectivity index (χ3v) is 3.92. The summed E-state index contributed by atoms with van der Waals surface area (Å²) >= 11 is 0. The largest absolute Gasteiger partial charge is 0.396 e. The van der Waals surface area contributed by atoms with Crippen molar-refractivity contribution in [3.8, 4) is 0 Å². The van der Waals surface area contributed by atoms with Crippen molar-refractivity contribution in [3.05, 3.63) is 36.1 Å². The van der Waals surface area contributed by atoms with Crippen LogP contribution in [0.5, 0.6) is 0 Å². The molecule has 0 bridgehead atoms. The molecule has 0 saturated carbocycles. The van der Waals surface area contributed by atoms with Gasteiger partial charge in [0.15, 0.2) is 12.0 Å². The van der Waals surface area contributed by atoms with Crippen LogP contribution in [0.15, 0.2) is 24.7 Å². The number of nitrogens with zero attached hydrogens (tertiary/aromatic N) is 4. The Hall–Kier alpha value is -2.92. The van der Waals surface area contributed by atoms with E-state index < -0.39 is 0 Å². The molecule has 0 radical (unpaired) electrons. The zero-order chi connectivity index (χ0) is 16.8. The maximum Gasteiger partial charge on any atom is 0.288 e. The van der Waals surface area contributed by atoms with E-state index in [0.29, 0.717) is 23.2 Å². The Balaban J connectivity index is 1.65. The van der Waals surface area contributed by atoms with E-state index in [1.807, 2.05) is 6.07 Å². The molecule has 1 fully saturated rings. The van der Waals surface area contributed by atoms with Gasteiger partial charge in [0.05, 0.1) is 23.8 Å². The molecule has 2 aromatic heterocycles. The molecule has 0 unspecified atom stereocenters. The fraction of sp³-hybridized carbons (Fsp3) is 0.375. The summed E-state index contributed by atoms with van der Waals surface area (Å²) in [5, 5.41) is 9.88. The van der Waals surface area contributed by atoms with E-state index in [4.69, 9.17) is 12.3 Å². The van der Waals surface area contributed by atoms with Crippen molar-refractivity contribution in [1.82, 2.24) is 20.3 Å². The molecule has 5 N–H and O–H groups in total. The van der Waals surface area contributed by atoms with Gasteiger partial charge in [-0.2, -0.15) is 0 Å². The highest BCUT2D eigenvalue weighted by atomic mass is 15.1. The van der Waals surface area contributed by atoms with Gasteiger partial charge in [0.25, 0.3) is 5.82 Å². The van der Waals surface area contributed by atoms with Crippen molar-refractivity contribution in [3.63, 3.8) is 0 Å². The van der Waals surface area contributed by atoms with Crippen molar-refractivity contribution in [2.75, 3.05) is 36.0 Å². The average molecular weight is 324 g/mol. The van der Waals surface area contributed by atoms with Gasteiger partial charge in [-0.1, -0.05) is 6.57 Å². The number of pyridine rings is 1. The SMILES string of the molecule is [C-]#[N+]c1cnc(Nc2cc(NC[C@@H]3CCCNC3)c(N)cn2)cn1. The van der Waals surface area contributed by atoms with E-state index in [0.717, 1.165) is 25.3 Å². The monoisotopic (exact) mass is 324 g/mol. The molecule has 1 aliphatic heterocycles. The van der Waals surface area contributed by atoms with Crippen LogP contribution in [0, 0.1) is 12.5 Å². The minimum Gasteiger partial charge on any atom is -0.396 e. The van der Waals surface area contributed by atoms with Gasteiger partial charge in [0.1, 0.15) is 5.82 Å². The standard InChI is InChI=1S/C16H20N8/c1-18-15-9-23-16(10-22-15)24-14-5-13(12(17)8-21-14)20-7-11-3-2-4-19-6-11/h5,8-11,19H,2-4,6-7,17H2,(H2,20,21,23,24)/t11-/m1/s1. The molecular weight excluding hydrogens is 304 g/mol. The fourth-order valence-electron chi connectivity index (χ4n) is 2.61. The van der Waals surface area contributed by atoms with E-state index in [-0.39, 0.29) is 5.82 Å². The van der Waals surface area contributed by atoms with E-state index in [2.05, 4.69) is 35.7 Å². The molecule has 0 amide bonds. The lowest BCUT2D eigenvalue weighted by Crippen LogP contribution is -2.33. The minimum absolute atomic E-state index is 0.259. The van der Waals surface area contributed by atoms with Crippen LogP contribution in [0.2, 0.25) is 0 Å². The van der Waals surface area contributed by atoms with E-state index in [9.17, 15) is 0 Å². The summed E-state index contributed by atoms with van der Waals surface area (Å²) in [6.07, 6.45) is 6.97. The Morgan fingerprint density at radius 2 is 2.12 bits per heavy atom. The number of nitrogens with two attached hydrogens (primary N) is 1. The minimum atomic E-state index is 0.259. The predicted octanol–water partition coefficient (Wildman–Crippen LogP) is 2.16. The smallest absolute Gasteiger partial charge is 0.288 e. The van der Waals surface area contributed by atoms with Crippen LogP contribution < -0.4 is 21.7 Å². The summed E-state index contributed by atoms with van der Waals surface area (Å²) in [6.45, 7) is 9.90. The second-order valence-electron chi connectivity index (χ2n) is 5.75. The summed E-state index contributed by atoms with van der Waals surface area (Å²) in [5.41, 5.74) is 7.47. The van der Waals surface area contributed by atoms with Crippen molar-refractivity contribution in [1.29, 1.82) is 0 Å². The van der Waals surface area contributed by atoms with Crippen LogP contribution in [0.4, 0.5) is 28.8 Å². The van der Waals surface area contributed by atoms with Gasteiger partial charge < -0.3 is 26.5 Å². The number of nitrogens with one attached hydrogen (secondary N) is 3. The molecular formula is C16H20N8. The highest BCUT2D eigenvalue weighted by molar-refractivity contribution is 5.70. The Morgan fingerprint density at radius 3 is 2.83 bits per heavy atom. The summed E-state index contributed by atoms with van der Waals surface area (Å²) < 4.78 is 0. The van der Waals surface area contributed by atoms with Gasteiger partial charge >= 0.3 is 0 Å². The lowest BCUT2D eigenvalue weighted by molar-refractivity contribution is 0.393. The fourth-order valence-corrected chi connectivity index (χ4v) is 2.61. The molecule has 0 aliphatic carbocycles. The van der Waals surface area contributed by atoms with E-state index >= 15 is 0 Å². The van der Waals surface area contributed by atoms with Crippen molar-refractivity contribution in [2.45, 2.75) is 12.8 Å². The molecule has 0 spiro atoms. The number of nitrogen functional groups attached to an aromatic ring is 1. The Labute approximate surface area is 140 Å². The Bertz CT molecular complexity index is 716. The van der Waals surface area contributed by atoms with Gasteiger partial charge in [-0.3, -0.25) is 0 Å². The summed E-state index contributed by atoms with van der Waals surface area (Å²) in [5.74, 6) is 2.02. The highest BCUT2D eigenvalue weighted by Gasteiger charge is 2.13. The quantitative estimate of drug-likeness (QED) is 0.625. The molecule has 2 aromatic rings. The summed E-state index contributed by atoms with van der Waals surface area (Å²) in [4.78, 5) is 15.6. The van der Waals surface area contributed by atoms with Crippen molar-refractivity contribution >= 4 is 28.8 Å². The second-order valence-corrected chi connectivity index (χ2v) is 5.75. The maximum absolute atomic E-state index is 6.88. The topological polar surface area (TPSA) is 105 Å². The molecule has 0 aromatic carbocycles. The van der Waals surface area contributed by atoms with Crippen molar-refractivity contribution < 1.29 is 0 Å². The Morgan fingerprint density at radius 1 is 1.25 bits per heavy atom. The highest BCUT2D eigenvalue weighted by Crippen LogP contribution is 2.23. The normalized spacial score (nSPS) is 17.0. The zero-order valence-electron chi connectivity index (χ0n) is 13.3. The van der Waals surface area contributed by atoms with Crippen LogP contribution in [0.25, 0.3) is 4.85 Å². The van der Waals surface area contributed by atoms with Crippen LogP contribution in [-0.4, -0.2) is 34.6 Å². The first-order valence-corrected chi connectivity index (χ1v) is 7.91. The molecule has 124 valence electrons. The molecule has 3 rings (SSSR count). The number of aromatic nitrogens is 3. The molecule has 8 nitrogen and oxygen atoms in total. The third-order valence-electron chi connectivity index (χ3n) is 3.92. The molecule has 3 heterocycles. The first-order chi connectivity index (χ1) is 11.7.